The predicted molar refractivity (Wildman–Crippen MR) is 41.2 cm³/mol. The van der Waals surface area contributed by atoms with Crippen LogP contribution in [0.25, 0.3) is 0 Å². The maximum Gasteiger partial charge on any atom is 0.338 e. The summed E-state index contributed by atoms with van der Waals surface area (Å²) < 4.78 is 12.4. The first-order valence-corrected chi connectivity index (χ1v) is 3.94. The fourth-order valence-electron chi connectivity index (χ4n) is 0.758. The molecule has 0 aliphatic rings. The zero-order valence-corrected chi connectivity index (χ0v) is 7.01. The van der Waals surface area contributed by atoms with Gasteiger partial charge in [-0.1, -0.05) is 20.3 Å². The Bertz CT molecular complexity index is 125. The van der Waals surface area contributed by atoms with Crippen LogP contribution in [0.2, 0.25) is 0 Å². The first kappa shape index (κ1) is 10.4. The Balaban J connectivity index is 3.45. The maximum atomic E-state index is 12.4. The van der Waals surface area contributed by atoms with Gasteiger partial charge in [0.25, 0.3) is 0 Å². The van der Waals surface area contributed by atoms with E-state index in [9.17, 15) is 9.18 Å². The first-order chi connectivity index (χ1) is 5.07. The van der Waals surface area contributed by atoms with Gasteiger partial charge in [0, 0.05) is 0 Å². The zero-order valence-electron chi connectivity index (χ0n) is 7.01. The summed E-state index contributed by atoms with van der Waals surface area (Å²) in [5.41, 5.74) is 0. The van der Waals surface area contributed by atoms with Crippen molar-refractivity contribution in [3.63, 3.8) is 0 Å². The number of rotatable bonds is 5. The largest absolute Gasteiger partial charge is 0.479 e. The average molecular weight is 162 g/mol. The van der Waals surface area contributed by atoms with Gasteiger partial charge in [-0.05, 0) is 18.8 Å². The van der Waals surface area contributed by atoms with Gasteiger partial charge in [0.1, 0.15) is 0 Å². The van der Waals surface area contributed by atoms with E-state index in [4.69, 9.17) is 5.11 Å². The molecule has 1 N–H and O–H groups in total. The van der Waals surface area contributed by atoms with Crippen LogP contribution in [0.1, 0.15) is 33.1 Å². The standard InChI is InChI=1S/C8H15FO2/c1-3-6(2)4-5-7(9)8(10)11/h6-7H,3-5H2,1-2H3,(H,10,11). The molecule has 0 spiro atoms. The van der Waals surface area contributed by atoms with Gasteiger partial charge >= 0.3 is 5.97 Å². The number of carboxylic acid groups (broad SMARTS) is 1. The maximum absolute atomic E-state index is 12.4. The quantitative estimate of drug-likeness (QED) is 0.673. The number of halogens is 1. The van der Waals surface area contributed by atoms with Crippen molar-refractivity contribution in [2.75, 3.05) is 0 Å². The first-order valence-electron chi connectivity index (χ1n) is 3.94. The minimum absolute atomic E-state index is 0.143. The third-order valence-electron chi connectivity index (χ3n) is 1.88. The molecule has 2 nitrogen and oxygen atoms in total. The molecule has 0 bridgehead atoms. The SMILES string of the molecule is CCC(C)CCC(F)C(=O)O. The normalized spacial score (nSPS) is 15.9. The number of carboxylic acids is 1. The molecule has 0 amide bonds. The molecule has 11 heavy (non-hydrogen) atoms. The molecule has 0 aromatic carbocycles. The second kappa shape index (κ2) is 5.10. The fourth-order valence-corrected chi connectivity index (χ4v) is 0.758. The molecule has 0 saturated heterocycles. The van der Waals surface area contributed by atoms with Crippen molar-refractivity contribution in [3.05, 3.63) is 0 Å². The lowest BCUT2D eigenvalue weighted by Crippen LogP contribution is -2.15. The highest BCUT2D eigenvalue weighted by atomic mass is 19.1. The lowest BCUT2D eigenvalue weighted by molar-refractivity contribution is -0.143. The summed E-state index contributed by atoms with van der Waals surface area (Å²) in [5.74, 6) is -0.916. The van der Waals surface area contributed by atoms with Crippen LogP contribution < -0.4 is 0 Å². The average Bonchev–Trinajstić information content (AvgIpc) is 1.99. The Kier molecular flexibility index (Phi) is 4.83. The van der Waals surface area contributed by atoms with Gasteiger partial charge < -0.3 is 5.11 Å². The van der Waals surface area contributed by atoms with Crippen molar-refractivity contribution in [1.82, 2.24) is 0 Å². The highest BCUT2D eigenvalue weighted by Gasteiger charge is 2.15. The number of aliphatic carboxylic acids is 1. The van der Waals surface area contributed by atoms with Gasteiger partial charge in [0.2, 0.25) is 0 Å². The molecule has 0 aliphatic carbocycles. The lowest BCUT2D eigenvalue weighted by atomic mass is 10.0. The van der Waals surface area contributed by atoms with E-state index in [1.54, 1.807) is 0 Å². The van der Waals surface area contributed by atoms with E-state index >= 15 is 0 Å². The van der Waals surface area contributed by atoms with Gasteiger partial charge in [-0.3, -0.25) is 0 Å². The Morgan fingerprint density at radius 2 is 2.09 bits per heavy atom. The van der Waals surface area contributed by atoms with Crippen molar-refractivity contribution < 1.29 is 14.3 Å². The lowest BCUT2D eigenvalue weighted by Gasteiger charge is -2.07. The zero-order chi connectivity index (χ0) is 8.85. The molecule has 0 saturated carbocycles. The second-order valence-electron chi connectivity index (χ2n) is 2.90. The summed E-state index contributed by atoms with van der Waals surface area (Å²) in [6.45, 7) is 4.01. The van der Waals surface area contributed by atoms with E-state index in [1.807, 2.05) is 13.8 Å². The van der Waals surface area contributed by atoms with Crippen LogP contribution in [0.3, 0.4) is 0 Å². The minimum Gasteiger partial charge on any atom is -0.479 e. The van der Waals surface area contributed by atoms with E-state index in [0.717, 1.165) is 6.42 Å². The molecular weight excluding hydrogens is 147 g/mol. The van der Waals surface area contributed by atoms with Gasteiger partial charge in [-0.25, -0.2) is 9.18 Å². The van der Waals surface area contributed by atoms with Crippen LogP contribution in [0.4, 0.5) is 4.39 Å². The summed E-state index contributed by atoms with van der Waals surface area (Å²) in [4.78, 5) is 10.0. The van der Waals surface area contributed by atoms with E-state index in [-0.39, 0.29) is 6.42 Å². The van der Waals surface area contributed by atoms with E-state index < -0.39 is 12.1 Å². The Labute approximate surface area is 66.4 Å². The molecule has 0 radical (unpaired) electrons. The molecule has 0 heterocycles. The number of carbonyl (C=O) groups is 1. The van der Waals surface area contributed by atoms with Gasteiger partial charge in [0.05, 0.1) is 0 Å². The third-order valence-corrected chi connectivity index (χ3v) is 1.88. The molecule has 0 aromatic rings. The summed E-state index contributed by atoms with van der Waals surface area (Å²) >= 11 is 0. The highest BCUT2D eigenvalue weighted by Crippen LogP contribution is 2.12. The highest BCUT2D eigenvalue weighted by molar-refractivity contribution is 5.71. The van der Waals surface area contributed by atoms with E-state index in [0.29, 0.717) is 12.3 Å². The molecule has 3 heteroatoms. The summed E-state index contributed by atoms with van der Waals surface area (Å²) in [7, 11) is 0. The summed E-state index contributed by atoms with van der Waals surface area (Å²) in [6.07, 6.45) is 0.102. The molecule has 66 valence electrons. The minimum atomic E-state index is -1.68. The Hall–Kier alpha value is -0.600. The smallest absolute Gasteiger partial charge is 0.338 e. The van der Waals surface area contributed by atoms with E-state index in [1.165, 1.54) is 0 Å². The van der Waals surface area contributed by atoms with Crippen LogP contribution in [-0.4, -0.2) is 17.2 Å². The molecule has 0 fully saturated rings. The van der Waals surface area contributed by atoms with Crippen LogP contribution in [0.5, 0.6) is 0 Å². The number of hydrogen-bond donors (Lipinski definition) is 1. The second-order valence-corrected chi connectivity index (χ2v) is 2.90. The molecule has 0 aromatic heterocycles. The monoisotopic (exact) mass is 162 g/mol. The van der Waals surface area contributed by atoms with Crippen molar-refractivity contribution in [2.24, 2.45) is 5.92 Å². The van der Waals surface area contributed by atoms with E-state index in [2.05, 4.69) is 0 Å². The summed E-state index contributed by atoms with van der Waals surface area (Å²) in [5, 5.41) is 8.19. The molecule has 2 atom stereocenters. The fraction of sp³-hybridized carbons (Fsp3) is 0.875. The van der Waals surface area contributed by atoms with Crippen molar-refractivity contribution in [3.8, 4) is 0 Å². The van der Waals surface area contributed by atoms with Crippen LogP contribution in [0, 0.1) is 5.92 Å². The van der Waals surface area contributed by atoms with Gasteiger partial charge in [0.15, 0.2) is 6.17 Å². The molecule has 0 rings (SSSR count). The molecule has 0 aliphatic heterocycles. The van der Waals surface area contributed by atoms with Crippen molar-refractivity contribution in [1.29, 1.82) is 0 Å². The van der Waals surface area contributed by atoms with Crippen molar-refractivity contribution >= 4 is 5.97 Å². The molecule has 2 unspecified atom stereocenters. The third kappa shape index (κ3) is 4.76. The Morgan fingerprint density at radius 1 is 1.55 bits per heavy atom. The number of alkyl halides is 1. The number of hydrogen-bond acceptors (Lipinski definition) is 1. The molecular formula is C8H15FO2. The summed E-state index contributed by atoms with van der Waals surface area (Å²) in [6, 6.07) is 0. The topological polar surface area (TPSA) is 37.3 Å². The van der Waals surface area contributed by atoms with Gasteiger partial charge in [-0.2, -0.15) is 0 Å². The van der Waals surface area contributed by atoms with Crippen molar-refractivity contribution in [2.45, 2.75) is 39.3 Å². The van der Waals surface area contributed by atoms with Crippen LogP contribution in [-0.2, 0) is 4.79 Å². The Morgan fingerprint density at radius 3 is 2.45 bits per heavy atom. The predicted octanol–water partition coefficient (Wildman–Crippen LogP) is 2.24. The van der Waals surface area contributed by atoms with Gasteiger partial charge in [-0.15, -0.1) is 0 Å². The van der Waals surface area contributed by atoms with Crippen LogP contribution >= 0.6 is 0 Å². The van der Waals surface area contributed by atoms with Crippen LogP contribution in [0.15, 0.2) is 0 Å².